The Kier molecular flexibility index (Phi) is 30.0. The Bertz CT molecular complexity index is 643. The average molecular weight is 611 g/mol. The molecule has 0 N–H and O–H groups in total. The van der Waals surface area contributed by atoms with Gasteiger partial charge in [0.1, 0.15) is 18.9 Å². The molecule has 0 aromatic heterocycles. The fourth-order valence-electron chi connectivity index (χ4n) is 5.33. The normalized spacial score (nSPS) is 13.1. The Morgan fingerprint density at radius 2 is 1.05 bits per heavy atom. The molecule has 0 aliphatic rings. The molecule has 2 atom stereocenters. The highest BCUT2D eigenvalue weighted by atomic mass is 31.1. The minimum absolute atomic E-state index is 0.0297. The SMILES string of the molecule is CCCCCCCCC=CCCCCCCC(C(=O)CCCCCCCCCCCCC)C(=O)POCC[N+](C)(C)C. The van der Waals surface area contributed by atoms with Crippen LogP contribution in [0.5, 0.6) is 0 Å². The summed E-state index contributed by atoms with van der Waals surface area (Å²) in [5.74, 6) is -0.288. The Morgan fingerprint density at radius 3 is 1.52 bits per heavy atom. The molecule has 0 rings (SSSR count). The van der Waals surface area contributed by atoms with Crippen molar-refractivity contribution in [2.45, 2.75) is 174 Å². The lowest BCUT2D eigenvalue weighted by atomic mass is 9.94. The predicted molar refractivity (Wildman–Crippen MR) is 187 cm³/mol. The molecule has 0 bridgehead atoms. The summed E-state index contributed by atoms with van der Waals surface area (Å²) in [5, 5.41) is 0. The van der Waals surface area contributed by atoms with Gasteiger partial charge in [-0.2, -0.15) is 0 Å². The van der Waals surface area contributed by atoms with Crippen LogP contribution in [0.15, 0.2) is 12.2 Å². The average Bonchev–Trinajstić information content (AvgIpc) is 2.95. The molecule has 248 valence electrons. The van der Waals surface area contributed by atoms with Gasteiger partial charge in [0.05, 0.1) is 35.9 Å². The van der Waals surface area contributed by atoms with Crippen LogP contribution >= 0.6 is 8.81 Å². The van der Waals surface area contributed by atoms with Gasteiger partial charge in [-0.05, 0) is 38.5 Å². The minimum atomic E-state index is -0.451. The maximum atomic E-state index is 13.1. The molecule has 0 aromatic rings. The van der Waals surface area contributed by atoms with E-state index in [4.69, 9.17) is 4.52 Å². The third-order valence-corrected chi connectivity index (χ3v) is 9.17. The number of ketones is 1. The Labute approximate surface area is 265 Å². The molecule has 5 heteroatoms. The standard InChI is InChI=1S/C37H73NO3P/c1-6-8-10-12-14-16-18-19-20-22-23-25-27-29-31-35(37(40)42-41-34-33-38(3,4)5)36(39)32-30-28-26-24-21-17-15-13-11-9-7-2/h19-20,35,42H,6-18,21-34H2,1-5H3/q+1. The molecule has 0 heterocycles. The fraction of sp³-hybridized carbons (Fsp3) is 0.892. The van der Waals surface area contributed by atoms with Gasteiger partial charge < -0.3 is 9.01 Å². The second-order valence-electron chi connectivity index (χ2n) is 13.7. The second kappa shape index (κ2) is 30.5. The Morgan fingerprint density at radius 1 is 0.619 bits per heavy atom. The van der Waals surface area contributed by atoms with E-state index in [1.54, 1.807) is 0 Å². The van der Waals surface area contributed by atoms with E-state index in [1.165, 1.54) is 116 Å². The molecule has 0 fully saturated rings. The zero-order valence-electron chi connectivity index (χ0n) is 29.0. The smallest absolute Gasteiger partial charge is 0.189 e. The van der Waals surface area contributed by atoms with Crippen LogP contribution in [0.4, 0.5) is 0 Å². The first kappa shape index (κ1) is 41.4. The maximum Gasteiger partial charge on any atom is 0.189 e. The number of rotatable bonds is 33. The molecule has 0 spiro atoms. The quantitative estimate of drug-likeness (QED) is 0.0244. The number of Topliss-reactive ketones (excluding diaryl/α,β-unsaturated/α-hetero) is 1. The summed E-state index contributed by atoms with van der Waals surface area (Å²) >= 11 is 0. The zero-order valence-corrected chi connectivity index (χ0v) is 30.0. The third kappa shape index (κ3) is 29.5. The first-order valence-corrected chi connectivity index (χ1v) is 19.1. The number of allylic oxidation sites excluding steroid dienone is 2. The molecule has 4 nitrogen and oxygen atoms in total. The van der Waals surface area contributed by atoms with Gasteiger partial charge >= 0.3 is 0 Å². The molecule has 42 heavy (non-hydrogen) atoms. The first-order valence-electron chi connectivity index (χ1n) is 18.2. The van der Waals surface area contributed by atoms with Crippen LogP contribution in [-0.2, 0) is 14.1 Å². The number of carbonyl (C=O) groups excluding carboxylic acids is 2. The van der Waals surface area contributed by atoms with Crippen molar-refractivity contribution in [3.63, 3.8) is 0 Å². The van der Waals surface area contributed by atoms with E-state index in [9.17, 15) is 9.59 Å². The molecule has 0 saturated carbocycles. The number of unbranched alkanes of at least 4 members (excludes halogenated alkanes) is 20. The van der Waals surface area contributed by atoms with E-state index in [-0.39, 0.29) is 20.1 Å². The highest BCUT2D eigenvalue weighted by Gasteiger charge is 2.26. The fourth-order valence-corrected chi connectivity index (χ4v) is 6.11. The minimum Gasteiger partial charge on any atom is -0.349 e. The van der Waals surface area contributed by atoms with E-state index >= 15 is 0 Å². The van der Waals surface area contributed by atoms with E-state index in [1.807, 2.05) is 0 Å². The van der Waals surface area contributed by atoms with E-state index in [2.05, 4.69) is 47.1 Å². The third-order valence-electron chi connectivity index (χ3n) is 8.27. The Balaban J connectivity index is 4.24. The lowest BCUT2D eigenvalue weighted by molar-refractivity contribution is -0.870. The van der Waals surface area contributed by atoms with E-state index in [0.29, 0.717) is 19.4 Å². The summed E-state index contributed by atoms with van der Waals surface area (Å²) in [6.07, 6.45) is 35.0. The predicted octanol–water partition coefficient (Wildman–Crippen LogP) is 11.4. The van der Waals surface area contributed by atoms with E-state index in [0.717, 1.165) is 43.1 Å². The molecular formula is C37H73NO3P+. The van der Waals surface area contributed by atoms with Crippen molar-refractivity contribution in [1.82, 2.24) is 0 Å². The number of hydrogen-bond donors (Lipinski definition) is 0. The van der Waals surface area contributed by atoms with Crippen molar-refractivity contribution in [3.8, 4) is 0 Å². The van der Waals surface area contributed by atoms with Crippen LogP contribution in [0.3, 0.4) is 0 Å². The lowest BCUT2D eigenvalue weighted by Gasteiger charge is -2.23. The van der Waals surface area contributed by atoms with E-state index < -0.39 is 5.92 Å². The topological polar surface area (TPSA) is 43.4 Å². The molecule has 0 amide bonds. The van der Waals surface area contributed by atoms with Gasteiger partial charge in [-0.25, -0.2) is 0 Å². The molecule has 0 saturated heterocycles. The van der Waals surface area contributed by atoms with Crippen molar-refractivity contribution in [1.29, 1.82) is 0 Å². The van der Waals surface area contributed by atoms with Crippen molar-refractivity contribution >= 4 is 20.1 Å². The highest BCUT2D eigenvalue weighted by molar-refractivity contribution is 7.53. The van der Waals surface area contributed by atoms with Gasteiger partial charge in [0.15, 0.2) is 5.52 Å². The largest absolute Gasteiger partial charge is 0.349 e. The van der Waals surface area contributed by atoms with Crippen LogP contribution in [0.25, 0.3) is 0 Å². The molecular weight excluding hydrogens is 537 g/mol. The summed E-state index contributed by atoms with van der Waals surface area (Å²) in [4.78, 5) is 26.1. The van der Waals surface area contributed by atoms with Gasteiger partial charge in [-0.3, -0.25) is 9.59 Å². The van der Waals surface area contributed by atoms with Gasteiger partial charge in [0.2, 0.25) is 0 Å². The number of likely N-dealkylation sites (N-methyl/N-ethyl adjacent to an activating group) is 1. The molecule has 0 aromatic carbocycles. The zero-order chi connectivity index (χ0) is 31.2. The van der Waals surface area contributed by atoms with Crippen molar-refractivity contribution in [2.24, 2.45) is 5.92 Å². The summed E-state index contributed by atoms with van der Waals surface area (Å²) in [6.45, 7) is 5.97. The summed E-state index contributed by atoms with van der Waals surface area (Å²) in [6, 6.07) is 0. The maximum absolute atomic E-state index is 13.1. The van der Waals surface area contributed by atoms with Crippen LogP contribution in [0.1, 0.15) is 174 Å². The van der Waals surface area contributed by atoms with Crippen LogP contribution in [0.2, 0.25) is 0 Å². The monoisotopic (exact) mass is 611 g/mol. The second-order valence-corrected chi connectivity index (χ2v) is 14.6. The van der Waals surface area contributed by atoms with Crippen molar-refractivity contribution in [3.05, 3.63) is 12.2 Å². The molecule has 0 radical (unpaired) electrons. The lowest BCUT2D eigenvalue weighted by Crippen LogP contribution is -2.37. The van der Waals surface area contributed by atoms with Crippen molar-refractivity contribution < 1.29 is 18.6 Å². The van der Waals surface area contributed by atoms with Crippen LogP contribution in [0, 0.1) is 5.92 Å². The first-order chi connectivity index (χ1) is 20.3. The summed E-state index contributed by atoms with van der Waals surface area (Å²) in [5.41, 5.74) is 0.0297. The summed E-state index contributed by atoms with van der Waals surface area (Å²) < 4.78 is 6.55. The molecule has 0 aliphatic heterocycles. The molecule has 0 aliphatic carbocycles. The van der Waals surface area contributed by atoms with Gasteiger partial charge in [0.25, 0.3) is 0 Å². The highest BCUT2D eigenvalue weighted by Crippen LogP contribution is 2.26. The van der Waals surface area contributed by atoms with Gasteiger partial charge in [-0.1, -0.05) is 142 Å². The number of hydrogen-bond acceptors (Lipinski definition) is 3. The number of quaternary nitrogens is 1. The molecule has 2 unspecified atom stereocenters. The van der Waals surface area contributed by atoms with Gasteiger partial charge in [-0.15, -0.1) is 0 Å². The summed E-state index contributed by atoms with van der Waals surface area (Å²) in [7, 11) is 6.18. The van der Waals surface area contributed by atoms with Gasteiger partial charge in [0, 0.05) is 6.42 Å². The van der Waals surface area contributed by atoms with Crippen LogP contribution in [-0.4, -0.2) is 50.1 Å². The number of nitrogens with zero attached hydrogens (tertiary/aromatic N) is 1. The Hall–Kier alpha value is -0.570. The van der Waals surface area contributed by atoms with Crippen LogP contribution < -0.4 is 0 Å². The number of carbonyl (C=O) groups is 2. The van der Waals surface area contributed by atoms with Crippen molar-refractivity contribution in [2.75, 3.05) is 34.3 Å².